The first-order chi connectivity index (χ1) is 13.7. The van der Waals surface area contributed by atoms with E-state index in [1.807, 2.05) is 6.07 Å². The Bertz CT molecular complexity index is 1140. The maximum absolute atomic E-state index is 12.5. The molecule has 7 heteroatoms. The van der Waals surface area contributed by atoms with Crippen LogP contribution < -0.4 is 4.74 Å². The summed E-state index contributed by atoms with van der Waals surface area (Å²) in [6, 6.07) is 18.1. The van der Waals surface area contributed by atoms with Crippen LogP contribution in [0, 0.1) is 6.92 Å². The van der Waals surface area contributed by atoms with Gasteiger partial charge in [-0.05, 0) is 66.6 Å². The van der Waals surface area contributed by atoms with E-state index in [0.717, 1.165) is 11.1 Å². The molecule has 150 valence electrons. The number of Topliss-reactive ketones (excluding diaryl/α,β-unsaturated/α-hetero) is 1. The summed E-state index contributed by atoms with van der Waals surface area (Å²) in [5, 5.41) is 0.919. The van der Waals surface area contributed by atoms with Crippen LogP contribution in [0.4, 0.5) is 0 Å². The van der Waals surface area contributed by atoms with E-state index in [0.29, 0.717) is 21.4 Å². The van der Waals surface area contributed by atoms with E-state index in [-0.39, 0.29) is 11.5 Å². The fraction of sp³-hybridized carbons (Fsp3) is 0.136. The van der Waals surface area contributed by atoms with E-state index in [2.05, 4.69) is 0 Å². The molecule has 0 saturated carbocycles. The third kappa shape index (κ3) is 5.60. The van der Waals surface area contributed by atoms with Gasteiger partial charge in [0.2, 0.25) is 0 Å². The fourth-order valence-corrected chi connectivity index (χ4v) is 4.33. The van der Waals surface area contributed by atoms with Crippen molar-refractivity contribution in [2.75, 3.05) is 5.75 Å². The first-order valence-corrected chi connectivity index (χ1v) is 11.1. The molecule has 0 aliphatic carbocycles. The van der Waals surface area contributed by atoms with Crippen LogP contribution in [-0.4, -0.2) is 20.0 Å². The standard InChI is InChI=1S/C22H18Cl2O4S/c1-15-3-2-4-19(11-15)29(26,27)14-22(25)17-6-8-18(9-7-17)28-13-16-5-10-20(23)21(24)12-16/h2-12H,13-14H2,1H3. The first-order valence-electron chi connectivity index (χ1n) is 8.74. The number of carbonyl (C=O) groups is 1. The van der Waals surface area contributed by atoms with Crippen molar-refractivity contribution in [3.63, 3.8) is 0 Å². The third-order valence-electron chi connectivity index (χ3n) is 4.24. The first kappa shape index (κ1) is 21.4. The Morgan fingerprint density at radius 3 is 2.31 bits per heavy atom. The Labute approximate surface area is 180 Å². The number of ketones is 1. The normalized spacial score (nSPS) is 11.3. The summed E-state index contributed by atoms with van der Waals surface area (Å²) in [7, 11) is -3.70. The molecule has 0 heterocycles. The van der Waals surface area contributed by atoms with Crippen molar-refractivity contribution in [1.82, 2.24) is 0 Å². The summed E-state index contributed by atoms with van der Waals surface area (Å²) >= 11 is 11.9. The lowest BCUT2D eigenvalue weighted by atomic mass is 10.1. The van der Waals surface area contributed by atoms with E-state index >= 15 is 0 Å². The molecule has 0 aliphatic rings. The number of benzene rings is 3. The number of hydrogen-bond donors (Lipinski definition) is 0. The fourth-order valence-electron chi connectivity index (χ4n) is 2.68. The van der Waals surface area contributed by atoms with Crippen LogP contribution in [0.25, 0.3) is 0 Å². The molecule has 29 heavy (non-hydrogen) atoms. The van der Waals surface area contributed by atoms with Crippen LogP contribution in [0.5, 0.6) is 5.75 Å². The van der Waals surface area contributed by atoms with Crippen molar-refractivity contribution >= 4 is 38.8 Å². The summed E-state index contributed by atoms with van der Waals surface area (Å²) in [6.45, 7) is 2.09. The van der Waals surface area contributed by atoms with E-state index in [1.54, 1.807) is 61.5 Å². The van der Waals surface area contributed by atoms with Crippen LogP contribution in [0.2, 0.25) is 10.0 Å². The lowest BCUT2D eigenvalue weighted by Crippen LogP contribution is -2.16. The van der Waals surface area contributed by atoms with E-state index in [9.17, 15) is 13.2 Å². The third-order valence-corrected chi connectivity index (χ3v) is 6.59. The minimum absolute atomic E-state index is 0.146. The van der Waals surface area contributed by atoms with E-state index in [4.69, 9.17) is 27.9 Å². The minimum atomic E-state index is -3.70. The maximum Gasteiger partial charge on any atom is 0.185 e. The zero-order chi connectivity index (χ0) is 21.0. The molecule has 0 bridgehead atoms. The van der Waals surface area contributed by atoms with Crippen LogP contribution in [-0.2, 0) is 16.4 Å². The van der Waals surface area contributed by atoms with Gasteiger partial charge in [-0.25, -0.2) is 8.42 Å². The SMILES string of the molecule is Cc1cccc(S(=O)(=O)CC(=O)c2ccc(OCc3ccc(Cl)c(Cl)c3)cc2)c1. The molecule has 0 aromatic heterocycles. The van der Waals surface area contributed by atoms with Crippen LogP contribution in [0.3, 0.4) is 0 Å². The number of aryl methyl sites for hydroxylation is 1. The molecule has 0 spiro atoms. The topological polar surface area (TPSA) is 60.4 Å². The smallest absolute Gasteiger partial charge is 0.185 e. The van der Waals surface area contributed by atoms with Crippen molar-refractivity contribution in [2.24, 2.45) is 0 Å². The van der Waals surface area contributed by atoms with Crippen LogP contribution in [0.1, 0.15) is 21.5 Å². The molecule has 0 fully saturated rings. The predicted molar refractivity (Wildman–Crippen MR) is 115 cm³/mol. The second-order valence-corrected chi connectivity index (χ2v) is 9.36. The quantitative estimate of drug-likeness (QED) is 0.445. The van der Waals surface area contributed by atoms with Gasteiger partial charge in [0.05, 0.1) is 14.9 Å². The summed E-state index contributed by atoms with van der Waals surface area (Å²) in [6.07, 6.45) is 0. The van der Waals surface area contributed by atoms with E-state index in [1.165, 1.54) is 6.07 Å². The molecule has 0 aliphatic heterocycles. The molecule has 0 atom stereocenters. The molecular weight excluding hydrogens is 431 g/mol. The van der Waals surface area contributed by atoms with Gasteiger partial charge in [0, 0.05) is 5.56 Å². The summed E-state index contributed by atoms with van der Waals surface area (Å²) in [5.74, 6) is -0.503. The van der Waals surface area contributed by atoms with Crippen molar-refractivity contribution < 1.29 is 17.9 Å². The highest BCUT2D eigenvalue weighted by Gasteiger charge is 2.20. The average molecular weight is 449 g/mol. The maximum atomic E-state index is 12.5. The van der Waals surface area contributed by atoms with Crippen molar-refractivity contribution in [3.05, 3.63) is 93.5 Å². The van der Waals surface area contributed by atoms with Gasteiger partial charge in [0.15, 0.2) is 15.6 Å². The Morgan fingerprint density at radius 2 is 1.66 bits per heavy atom. The number of carbonyl (C=O) groups excluding carboxylic acids is 1. The molecule has 4 nitrogen and oxygen atoms in total. The van der Waals surface area contributed by atoms with Gasteiger partial charge in [-0.3, -0.25) is 4.79 Å². The molecule has 0 N–H and O–H groups in total. The molecule has 0 saturated heterocycles. The lowest BCUT2D eigenvalue weighted by molar-refractivity contribution is 0.102. The lowest BCUT2D eigenvalue weighted by Gasteiger charge is -2.08. The second-order valence-electron chi connectivity index (χ2n) is 6.56. The zero-order valence-corrected chi connectivity index (χ0v) is 17.9. The van der Waals surface area contributed by atoms with Crippen LogP contribution in [0.15, 0.2) is 71.6 Å². The number of halogens is 2. The molecule has 3 rings (SSSR count). The summed E-state index contributed by atoms with van der Waals surface area (Å²) in [4.78, 5) is 12.6. The van der Waals surface area contributed by atoms with Gasteiger partial charge < -0.3 is 4.74 Å². The minimum Gasteiger partial charge on any atom is -0.489 e. The summed E-state index contributed by atoms with van der Waals surface area (Å²) < 4.78 is 30.6. The zero-order valence-electron chi connectivity index (χ0n) is 15.6. The van der Waals surface area contributed by atoms with Gasteiger partial charge >= 0.3 is 0 Å². The number of sulfone groups is 1. The van der Waals surface area contributed by atoms with Gasteiger partial charge in [0.1, 0.15) is 18.1 Å². The Balaban J connectivity index is 1.64. The number of rotatable bonds is 7. The number of ether oxygens (including phenoxy) is 1. The van der Waals surface area contributed by atoms with Crippen LogP contribution >= 0.6 is 23.2 Å². The van der Waals surface area contributed by atoms with Crippen molar-refractivity contribution in [2.45, 2.75) is 18.4 Å². The highest BCUT2D eigenvalue weighted by atomic mass is 35.5. The Morgan fingerprint density at radius 1 is 0.931 bits per heavy atom. The van der Waals surface area contributed by atoms with Gasteiger partial charge in [-0.2, -0.15) is 0 Å². The molecule has 0 amide bonds. The molecule has 3 aromatic rings. The van der Waals surface area contributed by atoms with E-state index < -0.39 is 21.4 Å². The van der Waals surface area contributed by atoms with Gasteiger partial charge in [0.25, 0.3) is 0 Å². The van der Waals surface area contributed by atoms with Crippen molar-refractivity contribution in [3.8, 4) is 5.75 Å². The van der Waals surface area contributed by atoms with Crippen molar-refractivity contribution in [1.29, 1.82) is 0 Å². The second kappa shape index (κ2) is 8.99. The highest BCUT2D eigenvalue weighted by molar-refractivity contribution is 7.92. The largest absolute Gasteiger partial charge is 0.489 e. The Kier molecular flexibility index (Phi) is 6.63. The molecule has 0 radical (unpaired) electrons. The average Bonchev–Trinajstić information content (AvgIpc) is 2.69. The molecular formula is C22H18Cl2O4S. The monoisotopic (exact) mass is 448 g/mol. The van der Waals surface area contributed by atoms with Gasteiger partial charge in [-0.1, -0.05) is 41.4 Å². The highest BCUT2D eigenvalue weighted by Crippen LogP contribution is 2.24. The predicted octanol–water partition coefficient (Wildman–Crippen LogP) is 5.54. The Hall–Kier alpha value is -2.34. The number of hydrogen-bond acceptors (Lipinski definition) is 4. The molecule has 3 aromatic carbocycles. The van der Waals surface area contributed by atoms with Gasteiger partial charge in [-0.15, -0.1) is 0 Å². The molecule has 0 unspecified atom stereocenters. The summed E-state index contributed by atoms with van der Waals surface area (Å²) in [5.41, 5.74) is 1.98.